The molecule has 0 spiro atoms. The zero-order valence-electron chi connectivity index (χ0n) is 15.7. The Morgan fingerprint density at radius 2 is 1.81 bits per heavy atom. The molecule has 31 heavy (non-hydrogen) atoms. The van der Waals surface area contributed by atoms with E-state index in [2.05, 4.69) is 4.98 Å². The molecule has 2 atom stereocenters. The second-order valence-electron chi connectivity index (χ2n) is 6.61. The Hall–Kier alpha value is -3.33. The lowest BCUT2D eigenvalue weighted by Crippen LogP contribution is -2.48. The van der Waals surface area contributed by atoms with Crippen LogP contribution in [0.2, 0.25) is 0 Å². The van der Waals surface area contributed by atoms with Gasteiger partial charge in [0.05, 0.1) is 5.56 Å². The molecule has 0 bridgehead atoms. The van der Waals surface area contributed by atoms with Gasteiger partial charge in [0.1, 0.15) is 17.7 Å². The summed E-state index contributed by atoms with van der Waals surface area (Å²) in [7, 11) is 0. The van der Waals surface area contributed by atoms with E-state index < -0.39 is 41.6 Å². The van der Waals surface area contributed by atoms with Gasteiger partial charge in [-0.1, -0.05) is 0 Å². The number of hydrogen-bond donors (Lipinski definition) is 2. The van der Waals surface area contributed by atoms with Gasteiger partial charge in [-0.3, -0.25) is 0 Å². The molecule has 12 heteroatoms. The maximum Gasteiger partial charge on any atom is 0.490 e. The smallest absolute Gasteiger partial charge is 0.475 e. The SMILES string of the molecule is N#Cc1ccc(N2CC[C@H](c3cc(F)c(F)cc3F)[C@@H](N)C2)nc1.O=C(O)C(F)(F)F. The first-order valence-corrected chi connectivity index (χ1v) is 8.75. The van der Waals surface area contributed by atoms with E-state index in [1.54, 1.807) is 12.1 Å². The predicted molar refractivity (Wildman–Crippen MR) is 96.5 cm³/mol. The summed E-state index contributed by atoms with van der Waals surface area (Å²) in [6.07, 6.45) is -3.12. The maximum atomic E-state index is 14.0. The van der Waals surface area contributed by atoms with Crippen LogP contribution in [-0.4, -0.2) is 41.4 Å². The van der Waals surface area contributed by atoms with Crippen molar-refractivity contribution in [1.29, 1.82) is 5.26 Å². The number of piperidine rings is 1. The number of aromatic nitrogens is 1. The van der Waals surface area contributed by atoms with Gasteiger partial charge in [-0.2, -0.15) is 18.4 Å². The minimum Gasteiger partial charge on any atom is -0.475 e. The number of pyridine rings is 1. The molecular formula is C19H16F6N4O2. The average molecular weight is 446 g/mol. The summed E-state index contributed by atoms with van der Waals surface area (Å²) in [5.74, 6) is -5.53. The van der Waals surface area contributed by atoms with Crippen molar-refractivity contribution in [3.05, 3.63) is 59.0 Å². The standard InChI is InChI=1S/C17H15F3N4.C2HF3O2/c18-13-6-15(20)14(19)5-12(13)11-3-4-24(9-16(11)22)17-2-1-10(7-21)8-23-17;3-2(4,5)1(6)7/h1-2,5-6,8,11,16H,3-4,9,22H2;(H,6,7)/t11-,16+;/m1./s1. The number of rotatable bonds is 2. The minimum absolute atomic E-state index is 0.105. The average Bonchev–Trinajstić information content (AvgIpc) is 2.71. The fourth-order valence-corrected chi connectivity index (χ4v) is 3.04. The van der Waals surface area contributed by atoms with Gasteiger partial charge in [0.2, 0.25) is 0 Å². The molecule has 1 fully saturated rings. The summed E-state index contributed by atoms with van der Waals surface area (Å²) in [5, 5.41) is 15.9. The Labute approximate surface area is 172 Å². The third-order valence-electron chi connectivity index (χ3n) is 4.54. The van der Waals surface area contributed by atoms with Gasteiger partial charge < -0.3 is 15.7 Å². The number of nitrogens with two attached hydrogens (primary N) is 1. The summed E-state index contributed by atoms with van der Waals surface area (Å²) >= 11 is 0. The van der Waals surface area contributed by atoms with Crippen LogP contribution in [0.15, 0.2) is 30.5 Å². The first-order chi connectivity index (χ1) is 14.4. The lowest BCUT2D eigenvalue weighted by Gasteiger charge is -2.37. The van der Waals surface area contributed by atoms with Crippen LogP contribution in [0.3, 0.4) is 0 Å². The highest BCUT2D eigenvalue weighted by Gasteiger charge is 2.38. The predicted octanol–water partition coefficient (Wildman–Crippen LogP) is 3.33. The highest BCUT2D eigenvalue weighted by atomic mass is 19.4. The fraction of sp³-hybridized carbons (Fsp3) is 0.316. The Balaban J connectivity index is 0.000000423. The molecule has 6 nitrogen and oxygen atoms in total. The molecule has 1 saturated heterocycles. The van der Waals surface area contributed by atoms with Crippen molar-refractivity contribution in [2.45, 2.75) is 24.6 Å². The Kier molecular flexibility index (Phi) is 7.46. The summed E-state index contributed by atoms with van der Waals surface area (Å²) in [6, 6.07) is 6.39. The van der Waals surface area contributed by atoms with Gasteiger partial charge >= 0.3 is 12.1 Å². The lowest BCUT2D eigenvalue weighted by atomic mass is 9.85. The number of alkyl halides is 3. The number of nitriles is 1. The third kappa shape index (κ3) is 6.08. The van der Waals surface area contributed by atoms with E-state index in [0.717, 1.165) is 6.07 Å². The van der Waals surface area contributed by atoms with Crippen molar-refractivity contribution in [3.63, 3.8) is 0 Å². The zero-order chi connectivity index (χ0) is 23.3. The molecule has 2 heterocycles. The fourth-order valence-electron chi connectivity index (χ4n) is 3.04. The van der Waals surface area contributed by atoms with E-state index in [4.69, 9.17) is 20.9 Å². The lowest BCUT2D eigenvalue weighted by molar-refractivity contribution is -0.192. The molecule has 3 rings (SSSR count). The van der Waals surface area contributed by atoms with Gasteiger partial charge in [0.15, 0.2) is 11.6 Å². The van der Waals surface area contributed by atoms with E-state index in [0.29, 0.717) is 37.0 Å². The van der Waals surface area contributed by atoms with Crippen molar-refractivity contribution in [1.82, 2.24) is 4.98 Å². The monoisotopic (exact) mass is 446 g/mol. The van der Waals surface area contributed by atoms with E-state index in [-0.39, 0.29) is 5.56 Å². The van der Waals surface area contributed by atoms with E-state index in [1.807, 2.05) is 11.0 Å². The Bertz CT molecular complexity index is 975. The number of halogens is 6. The molecule has 166 valence electrons. The molecule has 1 aromatic carbocycles. The first kappa shape index (κ1) is 23.9. The van der Waals surface area contributed by atoms with E-state index in [1.165, 1.54) is 6.20 Å². The molecule has 0 amide bonds. The number of benzene rings is 1. The van der Waals surface area contributed by atoms with Crippen LogP contribution in [0.1, 0.15) is 23.5 Å². The molecule has 0 radical (unpaired) electrons. The third-order valence-corrected chi connectivity index (χ3v) is 4.54. The van der Waals surface area contributed by atoms with Crippen LogP contribution in [0.4, 0.5) is 32.2 Å². The largest absolute Gasteiger partial charge is 0.490 e. The Morgan fingerprint density at radius 3 is 2.29 bits per heavy atom. The highest BCUT2D eigenvalue weighted by molar-refractivity contribution is 5.73. The minimum atomic E-state index is -5.08. The molecule has 3 N–H and O–H groups in total. The second kappa shape index (κ2) is 9.65. The molecule has 0 saturated carbocycles. The van der Waals surface area contributed by atoms with Gasteiger partial charge in [-0.05, 0) is 30.2 Å². The summed E-state index contributed by atoms with van der Waals surface area (Å²) in [6.45, 7) is 0.956. The summed E-state index contributed by atoms with van der Waals surface area (Å²) < 4.78 is 72.2. The van der Waals surface area contributed by atoms with Crippen molar-refractivity contribution in [3.8, 4) is 6.07 Å². The maximum absolute atomic E-state index is 14.0. The number of carboxylic acid groups (broad SMARTS) is 1. The van der Waals surface area contributed by atoms with Crippen LogP contribution < -0.4 is 10.6 Å². The quantitative estimate of drug-likeness (QED) is 0.542. The number of anilines is 1. The molecule has 1 aliphatic rings. The van der Waals surface area contributed by atoms with Crippen LogP contribution in [0.5, 0.6) is 0 Å². The number of carbonyl (C=O) groups is 1. The molecule has 1 aliphatic heterocycles. The van der Waals surface area contributed by atoms with Crippen molar-refractivity contribution in [2.75, 3.05) is 18.0 Å². The second-order valence-corrected chi connectivity index (χ2v) is 6.61. The van der Waals surface area contributed by atoms with Crippen molar-refractivity contribution < 1.29 is 36.2 Å². The van der Waals surface area contributed by atoms with E-state index in [9.17, 15) is 26.3 Å². The number of nitrogens with zero attached hydrogens (tertiary/aromatic N) is 3. The zero-order valence-corrected chi connectivity index (χ0v) is 15.7. The molecule has 1 aromatic heterocycles. The van der Waals surface area contributed by atoms with Gasteiger partial charge in [-0.25, -0.2) is 22.9 Å². The number of hydrogen-bond acceptors (Lipinski definition) is 5. The van der Waals surface area contributed by atoms with E-state index >= 15 is 0 Å². The molecule has 0 aliphatic carbocycles. The van der Waals surface area contributed by atoms with Crippen LogP contribution in [0, 0.1) is 28.8 Å². The van der Waals surface area contributed by atoms with Crippen molar-refractivity contribution >= 4 is 11.8 Å². The van der Waals surface area contributed by atoms with Crippen LogP contribution in [0.25, 0.3) is 0 Å². The number of carboxylic acids is 1. The molecule has 2 aromatic rings. The Morgan fingerprint density at radius 1 is 1.19 bits per heavy atom. The molecule has 0 unspecified atom stereocenters. The van der Waals surface area contributed by atoms with Crippen LogP contribution in [-0.2, 0) is 4.79 Å². The normalized spacial score (nSPS) is 18.6. The summed E-state index contributed by atoms with van der Waals surface area (Å²) in [5.41, 5.74) is 6.71. The van der Waals surface area contributed by atoms with Gasteiger partial charge in [-0.15, -0.1) is 0 Å². The first-order valence-electron chi connectivity index (χ1n) is 8.75. The molecular weight excluding hydrogens is 430 g/mol. The number of aliphatic carboxylic acids is 1. The van der Waals surface area contributed by atoms with Crippen molar-refractivity contribution in [2.24, 2.45) is 5.73 Å². The van der Waals surface area contributed by atoms with Gasteiger partial charge in [0.25, 0.3) is 0 Å². The highest BCUT2D eigenvalue weighted by Crippen LogP contribution is 2.32. The van der Waals surface area contributed by atoms with Gasteiger partial charge in [0, 0.05) is 37.3 Å². The topological polar surface area (TPSA) is 103 Å². The van der Waals surface area contributed by atoms with Crippen LogP contribution >= 0.6 is 0 Å². The summed E-state index contributed by atoms with van der Waals surface area (Å²) in [4.78, 5) is 15.0.